The first-order chi connectivity index (χ1) is 11.2. The van der Waals surface area contributed by atoms with Crippen molar-refractivity contribution in [2.45, 2.75) is 57.0 Å². The molecule has 1 aliphatic carbocycles. The average Bonchev–Trinajstić information content (AvgIpc) is 3.03. The molecule has 1 aromatic heterocycles. The van der Waals surface area contributed by atoms with Gasteiger partial charge in [-0.3, -0.25) is 9.48 Å². The van der Waals surface area contributed by atoms with Crippen LogP contribution in [-0.4, -0.2) is 42.7 Å². The minimum atomic E-state index is -3.82. The zero-order chi connectivity index (χ0) is 18.1. The number of carbonyl (C=O) groups is 1. The molecule has 0 aromatic carbocycles. The Morgan fingerprint density at radius 3 is 2.62 bits per heavy atom. The molecule has 0 bridgehead atoms. The van der Waals surface area contributed by atoms with E-state index in [2.05, 4.69) is 15.1 Å². The summed E-state index contributed by atoms with van der Waals surface area (Å²) in [6.07, 6.45) is 2.91. The first kappa shape index (κ1) is 18.9. The maximum atomic E-state index is 12.6. The van der Waals surface area contributed by atoms with Crippen LogP contribution in [0.25, 0.3) is 0 Å². The lowest BCUT2D eigenvalue weighted by atomic mass is 10.0. The Labute approximate surface area is 143 Å². The van der Waals surface area contributed by atoms with Gasteiger partial charge >= 0.3 is 0 Å². The topological polar surface area (TPSA) is 119 Å². The van der Waals surface area contributed by atoms with Crippen LogP contribution >= 0.6 is 0 Å². The fourth-order valence-electron chi connectivity index (χ4n) is 3.30. The summed E-state index contributed by atoms with van der Waals surface area (Å²) in [7, 11) is -2.13. The molecule has 24 heavy (non-hydrogen) atoms. The van der Waals surface area contributed by atoms with Gasteiger partial charge < -0.3 is 11.1 Å². The summed E-state index contributed by atoms with van der Waals surface area (Å²) in [6, 6.07) is -0.843. The van der Waals surface area contributed by atoms with Crippen LogP contribution in [0.5, 0.6) is 0 Å². The maximum Gasteiger partial charge on any atom is 0.244 e. The van der Waals surface area contributed by atoms with Crippen LogP contribution in [0.1, 0.15) is 37.6 Å². The largest absolute Gasteiger partial charge is 0.352 e. The monoisotopic (exact) mass is 357 g/mol. The quantitative estimate of drug-likeness (QED) is 0.659. The van der Waals surface area contributed by atoms with Gasteiger partial charge in [0.15, 0.2) is 0 Å². The Morgan fingerprint density at radius 1 is 1.42 bits per heavy atom. The first-order valence-corrected chi connectivity index (χ1v) is 9.68. The van der Waals surface area contributed by atoms with Crippen LogP contribution in [0.2, 0.25) is 0 Å². The van der Waals surface area contributed by atoms with Crippen molar-refractivity contribution >= 4 is 15.9 Å². The van der Waals surface area contributed by atoms with Crippen LogP contribution < -0.4 is 15.8 Å². The molecule has 0 aliphatic heterocycles. The second-order valence-electron chi connectivity index (χ2n) is 6.51. The lowest BCUT2D eigenvalue weighted by molar-refractivity contribution is -0.123. The number of nitrogens with zero attached hydrogens (tertiary/aromatic N) is 2. The minimum absolute atomic E-state index is 0.0244. The molecule has 4 N–H and O–H groups in total. The summed E-state index contributed by atoms with van der Waals surface area (Å²) in [6.45, 7) is 5.39. The summed E-state index contributed by atoms with van der Waals surface area (Å²) >= 11 is 0. The van der Waals surface area contributed by atoms with Gasteiger partial charge in [-0.1, -0.05) is 6.42 Å². The lowest BCUT2D eigenvalue weighted by Crippen LogP contribution is -2.49. The smallest absolute Gasteiger partial charge is 0.244 e. The summed E-state index contributed by atoms with van der Waals surface area (Å²) in [4.78, 5) is 12.5. The van der Waals surface area contributed by atoms with Crippen molar-refractivity contribution < 1.29 is 13.2 Å². The third kappa shape index (κ3) is 3.79. The van der Waals surface area contributed by atoms with Crippen molar-refractivity contribution in [2.24, 2.45) is 18.7 Å². The highest BCUT2D eigenvalue weighted by molar-refractivity contribution is 7.89. The van der Waals surface area contributed by atoms with Gasteiger partial charge in [-0.15, -0.1) is 0 Å². The summed E-state index contributed by atoms with van der Waals surface area (Å²) in [5, 5.41) is 7.04. The summed E-state index contributed by atoms with van der Waals surface area (Å²) in [5.74, 6) is -0.0660. The zero-order valence-electron chi connectivity index (χ0n) is 14.7. The van der Waals surface area contributed by atoms with Crippen molar-refractivity contribution in [3.05, 3.63) is 11.4 Å². The summed E-state index contributed by atoms with van der Waals surface area (Å²) < 4.78 is 29.2. The van der Waals surface area contributed by atoms with Gasteiger partial charge in [0.05, 0.1) is 17.4 Å². The fourth-order valence-corrected chi connectivity index (χ4v) is 4.95. The van der Waals surface area contributed by atoms with E-state index in [1.54, 1.807) is 27.8 Å². The van der Waals surface area contributed by atoms with E-state index >= 15 is 0 Å². The molecule has 3 unspecified atom stereocenters. The second-order valence-corrected chi connectivity index (χ2v) is 8.16. The number of amides is 1. The van der Waals surface area contributed by atoms with Crippen LogP contribution in [0.3, 0.4) is 0 Å². The van der Waals surface area contributed by atoms with E-state index in [9.17, 15) is 13.2 Å². The minimum Gasteiger partial charge on any atom is -0.352 e. The molecule has 0 radical (unpaired) electrons. The third-order valence-electron chi connectivity index (χ3n) is 4.73. The average molecular weight is 357 g/mol. The predicted octanol–water partition coefficient (Wildman–Crippen LogP) is -0.0527. The molecule has 136 valence electrons. The highest BCUT2D eigenvalue weighted by atomic mass is 32.2. The summed E-state index contributed by atoms with van der Waals surface area (Å²) in [5.41, 5.74) is 6.66. The normalized spacial score (nSPS) is 22.5. The number of sulfonamides is 1. The van der Waals surface area contributed by atoms with Crippen molar-refractivity contribution in [2.75, 3.05) is 6.54 Å². The molecule has 9 heteroatoms. The van der Waals surface area contributed by atoms with Crippen molar-refractivity contribution in [1.29, 1.82) is 0 Å². The Hall–Kier alpha value is -1.45. The zero-order valence-corrected chi connectivity index (χ0v) is 15.5. The number of hydrogen-bond acceptors (Lipinski definition) is 5. The molecule has 2 rings (SSSR count). The third-order valence-corrected chi connectivity index (χ3v) is 6.52. The van der Waals surface area contributed by atoms with E-state index in [1.807, 2.05) is 0 Å². The predicted molar refractivity (Wildman–Crippen MR) is 90.8 cm³/mol. The SMILES string of the molecule is Cc1nn(C)c(C)c1S(=O)(=O)NC(C)C(=O)NC1CCCC1CN. The molecule has 1 aromatic rings. The second kappa shape index (κ2) is 7.20. The highest BCUT2D eigenvalue weighted by Gasteiger charge is 2.31. The maximum absolute atomic E-state index is 12.6. The van der Waals surface area contributed by atoms with Gasteiger partial charge in [0, 0.05) is 13.1 Å². The first-order valence-electron chi connectivity index (χ1n) is 8.20. The van der Waals surface area contributed by atoms with Gasteiger partial charge in [-0.2, -0.15) is 9.82 Å². The lowest BCUT2D eigenvalue weighted by Gasteiger charge is -2.22. The Bertz CT molecular complexity index is 713. The van der Waals surface area contributed by atoms with Crippen LogP contribution in [0.15, 0.2) is 4.90 Å². The molecular weight excluding hydrogens is 330 g/mol. The number of nitrogens with one attached hydrogen (secondary N) is 2. The van der Waals surface area contributed by atoms with Gasteiger partial charge in [0.25, 0.3) is 0 Å². The Morgan fingerprint density at radius 2 is 2.08 bits per heavy atom. The fraction of sp³-hybridized carbons (Fsp3) is 0.733. The van der Waals surface area contributed by atoms with E-state index in [4.69, 9.17) is 5.73 Å². The highest BCUT2D eigenvalue weighted by Crippen LogP contribution is 2.24. The molecule has 8 nitrogen and oxygen atoms in total. The number of nitrogens with two attached hydrogens (primary N) is 1. The van der Waals surface area contributed by atoms with Gasteiger partial charge in [-0.25, -0.2) is 8.42 Å². The molecule has 1 saturated carbocycles. The van der Waals surface area contributed by atoms with E-state index in [1.165, 1.54) is 4.68 Å². The molecule has 0 saturated heterocycles. The van der Waals surface area contributed by atoms with Crippen molar-refractivity contribution in [3.8, 4) is 0 Å². The number of rotatable bonds is 6. The Kier molecular flexibility index (Phi) is 5.67. The van der Waals surface area contributed by atoms with Crippen LogP contribution in [-0.2, 0) is 21.9 Å². The van der Waals surface area contributed by atoms with Gasteiger partial charge in [0.1, 0.15) is 4.90 Å². The van der Waals surface area contributed by atoms with E-state index < -0.39 is 16.1 Å². The van der Waals surface area contributed by atoms with Crippen molar-refractivity contribution in [3.63, 3.8) is 0 Å². The molecule has 0 spiro atoms. The molecule has 1 aliphatic rings. The standard InChI is InChI=1S/C15H27N5O3S/c1-9-14(11(3)20(4)18-9)24(22,23)19-10(2)15(21)17-13-7-5-6-12(13)8-16/h10,12-13,19H,5-8,16H2,1-4H3,(H,17,21). The number of carbonyl (C=O) groups excluding carboxylic acids is 1. The number of aryl methyl sites for hydroxylation is 2. The van der Waals surface area contributed by atoms with E-state index in [0.29, 0.717) is 17.9 Å². The molecule has 3 atom stereocenters. The van der Waals surface area contributed by atoms with Crippen LogP contribution in [0, 0.1) is 19.8 Å². The Balaban J connectivity index is 2.07. The van der Waals surface area contributed by atoms with Gasteiger partial charge in [0.2, 0.25) is 15.9 Å². The van der Waals surface area contributed by atoms with Crippen LogP contribution in [0.4, 0.5) is 0 Å². The molecular formula is C15H27N5O3S. The molecule has 1 amide bonds. The molecule has 1 fully saturated rings. The van der Waals surface area contributed by atoms with E-state index in [-0.39, 0.29) is 22.8 Å². The number of aromatic nitrogens is 2. The van der Waals surface area contributed by atoms with E-state index in [0.717, 1.165) is 19.3 Å². The molecule has 1 heterocycles. The number of hydrogen-bond donors (Lipinski definition) is 3. The van der Waals surface area contributed by atoms with Crippen molar-refractivity contribution in [1.82, 2.24) is 19.8 Å². The van der Waals surface area contributed by atoms with Gasteiger partial charge in [-0.05, 0) is 46.1 Å².